The van der Waals surface area contributed by atoms with Crippen molar-refractivity contribution in [2.24, 2.45) is 0 Å². The number of methoxy groups -OCH3 is 1. The number of aromatic nitrogens is 1. The van der Waals surface area contributed by atoms with Crippen molar-refractivity contribution in [1.82, 2.24) is 10.3 Å². The van der Waals surface area contributed by atoms with Gasteiger partial charge < -0.3 is 14.8 Å². The van der Waals surface area contributed by atoms with Crippen molar-refractivity contribution in [2.45, 2.75) is 25.9 Å². The molecule has 1 saturated heterocycles. The van der Waals surface area contributed by atoms with Crippen LogP contribution in [0.5, 0.6) is 11.5 Å². The van der Waals surface area contributed by atoms with E-state index >= 15 is 0 Å². The van der Waals surface area contributed by atoms with Gasteiger partial charge in [0, 0.05) is 10.8 Å². The Morgan fingerprint density at radius 1 is 1.00 bits per heavy atom. The van der Waals surface area contributed by atoms with Crippen molar-refractivity contribution in [3.8, 4) is 11.5 Å². The molecule has 0 amide bonds. The minimum absolute atomic E-state index is 0.243. The molecule has 3 aromatic rings. The summed E-state index contributed by atoms with van der Waals surface area (Å²) in [5.74, 6) is 1.76. The SMILES string of the molecule is COc1ccc2nc3cc(C)ccc3c(OC3CCNCC3)c2c1. The minimum atomic E-state index is 0.243. The first-order chi connectivity index (χ1) is 11.7. The summed E-state index contributed by atoms with van der Waals surface area (Å²) >= 11 is 0. The molecule has 1 aromatic heterocycles. The molecule has 24 heavy (non-hydrogen) atoms. The van der Waals surface area contributed by atoms with Gasteiger partial charge in [0.1, 0.15) is 17.6 Å². The average Bonchev–Trinajstić information content (AvgIpc) is 2.62. The zero-order valence-electron chi connectivity index (χ0n) is 14.1. The number of aryl methyl sites for hydroxylation is 1. The molecule has 0 unspecified atom stereocenters. The summed E-state index contributed by atoms with van der Waals surface area (Å²) in [5, 5.41) is 5.48. The number of benzene rings is 2. The van der Waals surface area contributed by atoms with E-state index in [1.54, 1.807) is 7.11 Å². The van der Waals surface area contributed by atoms with Gasteiger partial charge in [-0.1, -0.05) is 6.07 Å². The number of hydrogen-bond donors (Lipinski definition) is 1. The van der Waals surface area contributed by atoms with Gasteiger partial charge >= 0.3 is 0 Å². The second kappa shape index (κ2) is 6.29. The maximum Gasteiger partial charge on any atom is 0.138 e. The third-order valence-corrected chi connectivity index (χ3v) is 4.66. The fourth-order valence-corrected chi connectivity index (χ4v) is 3.33. The van der Waals surface area contributed by atoms with Crippen molar-refractivity contribution in [2.75, 3.05) is 20.2 Å². The van der Waals surface area contributed by atoms with Gasteiger partial charge in [-0.25, -0.2) is 4.98 Å². The van der Waals surface area contributed by atoms with Gasteiger partial charge in [0.25, 0.3) is 0 Å². The van der Waals surface area contributed by atoms with Gasteiger partial charge in [0.15, 0.2) is 0 Å². The zero-order valence-corrected chi connectivity index (χ0v) is 14.1. The van der Waals surface area contributed by atoms with Crippen LogP contribution in [-0.4, -0.2) is 31.3 Å². The van der Waals surface area contributed by atoms with Gasteiger partial charge in [-0.3, -0.25) is 0 Å². The zero-order chi connectivity index (χ0) is 16.5. The minimum Gasteiger partial charge on any atom is -0.497 e. The Balaban J connectivity index is 1.92. The Bertz CT molecular complexity index is 886. The predicted molar refractivity (Wildman–Crippen MR) is 97.1 cm³/mol. The molecule has 0 spiro atoms. The lowest BCUT2D eigenvalue weighted by atomic mass is 10.1. The van der Waals surface area contributed by atoms with Crippen LogP contribution in [0.4, 0.5) is 0 Å². The summed E-state index contributed by atoms with van der Waals surface area (Å²) in [6, 6.07) is 12.3. The number of pyridine rings is 1. The molecule has 1 N–H and O–H groups in total. The van der Waals surface area contributed by atoms with E-state index in [-0.39, 0.29) is 6.10 Å². The molecule has 0 saturated carbocycles. The number of nitrogens with zero attached hydrogens (tertiary/aromatic N) is 1. The highest BCUT2D eigenvalue weighted by Crippen LogP contribution is 2.36. The maximum absolute atomic E-state index is 6.49. The molecule has 2 aromatic carbocycles. The van der Waals surface area contributed by atoms with Crippen LogP contribution in [0, 0.1) is 6.92 Å². The molecule has 1 fully saturated rings. The van der Waals surface area contributed by atoms with E-state index in [4.69, 9.17) is 14.5 Å². The van der Waals surface area contributed by atoms with Crippen LogP contribution in [-0.2, 0) is 0 Å². The molecule has 1 aliphatic heterocycles. The number of fused-ring (bicyclic) bond motifs is 2. The van der Waals surface area contributed by atoms with Gasteiger partial charge in [-0.2, -0.15) is 0 Å². The third-order valence-electron chi connectivity index (χ3n) is 4.66. The van der Waals surface area contributed by atoms with Gasteiger partial charge in [-0.15, -0.1) is 0 Å². The predicted octanol–water partition coefficient (Wildman–Crippen LogP) is 3.84. The Labute approximate surface area is 141 Å². The molecule has 4 nitrogen and oxygen atoms in total. The van der Waals surface area contributed by atoms with E-state index in [2.05, 4.69) is 30.4 Å². The molecule has 2 heterocycles. The van der Waals surface area contributed by atoms with Gasteiger partial charge in [0.2, 0.25) is 0 Å². The first kappa shape index (κ1) is 15.2. The number of hydrogen-bond acceptors (Lipinski definition) is 4. The molecule has 124 valence electrons. The highest BCUT2D eigenvalue weighted by molar-refractivity contribution is 6.01. The highest BCUT2D eigenvalue weighted by Gasteiger charge is 2.19. The molecular weight excluding hydrogens is 300 g/mol. The molecule has 0 bridgehead atoms. The lowest BCUT2D eigenvalue weighted by Gasteiger charge is -2.25. The summed E-state index contributed by atoms with van der Waals surface area (Å²) in [4.78, 5) is 4.82. The largest absolute Gasteiger partial charge is 0.497 e. The molecule has 0 aliphatic carbocycles. The molecule has 4 heteroatoms. The van der Waals surface area contributed by atoms with Gasteiger partial charge in [0.05, 0.1) is 18.1 Å². The smallest absolute Gasteiger partial charge is 0.138 e. The average molecular weight is 322 g/mol. The maximum atomic E-state index is 6.49. The number of ether oxygens (including phenoxy) is 2. The summed E-state index contributed by atoms with van der Waals surface area (Å²) in [6.45, 7) is 4.11. The summed E-state index contributed by atoms with van der Waals surface area (Å²) < 4.78 is 11.9. The van der Waals surface area contributed by atoms with Crippen LogP contribution >= 0.6 is 0 Å². The number of piperidine rings is 1. The van der Waals surface area contributed by atoms with Crippen LogP contribution in [0.2, 0.25) is 0 Å². The normalized spacial score (nSPS) is 15.8. The van der Waals surface area contributed by atoms with Crippen molar-refractivity contribution < 1.29 is 9.47 Å². The monoisotopic (exact) mass is 322 g/mol. The second-order valence-corrected chi connectivity index (χ2v) is 6.41. The van der Waals surface area contributed by atoms with E-state index < -0.39 is 0 Å². The molecule has 4 rings (SSSR count). The van der Waals surface area contributed by atoms with Crippen LogP contribution in [0.1, 0.15) is 18.4 Å². The Hall–Kier alpha value is -2.33. The Morgan fingerprint density at radius 3 is 2.62 bits per heavy atom. The fraction of sp³-hybridized carbons (Fsp3) is 0.350. The van der Waals surface area contributed by atoms with Crippen molar-refractivity contribution in [3.05, 3.63) is 42.0 Å². The summed E-state index contributed by atoms with van der Waals surface area (Å²) in [6.07, 6.45) is 2.30. The molecular formula is C20H22N2O2. The van der Waals surface area contributed by atoms with Crippen LogP contribution in [0.3, 0.4) is 0 Å². The van der Waals surface area contributed by atoms with Crippen LogP contribution < -0.4 is 14.8 Å². The van der Waals surface area contributed by atoms with E-state index in [0.717, 1.165) is 59.2 Å². The van der Waals surface area contributed by atoms with E-state index in [1.807, 2.05) is 18.2 Å². The van der Waals surface area contributed by atoms with Crippen molar-refractivity contribution in [1.29, 1.82) is 0 Å². The fourth-order valence-electron chi connectivity index (χ4n) is 3.33. The van der Waals surface area contributed by atoms with Crippen molar-refractivity contribution >= 4 is 21.8 Å². The quantitative estimate of drug-likeness (QED) is 0.744. The van der Waals surface area contributed by atoms with Gasteiger partial charge in [-0.05, 0) is 68.8 Å². The first-order valence-corrected chi connectivity index (χ1v) is 8.50. The molecule has 1 aliphatic rings. The number of nitrogens with one attached hydrogen (secondary N) is 1. The lowest BCUT2D eigenvalue weighted by molar-refractivity contribution is 0.166. The summed E-state index contributed by atoms with van der Waals surface area (Å²) in [5.41, 5.74) is 3.13. The molecule has 0 atom stereocenters. The lowest BCUT2D eigenvalue weighted by Crippen LogP contribution is -2.34. The van der Waals surface area contributed by atoms with Crippen LogP contribution in [0.15, 0.2) is 36.4 Å². The highest BCUT2D eigenvalue weighted by atomic mass is 16.5. The first-order valence-electron chi connectivity index (χ1n) is 8.50. The third kappa shape index (κ3) is 2.78. The number of rotatable bonds is 3. The van der Waals surface area contributed by atoms with E-state index in [1.165, 1.54) is 5.56 Å². The van der Waals surface area contributed by atoms with Crippen molar-refractivity contribution in [3.63, 3.8) is 0 Å². The Kier molecular flexibility index (Phi) is 3.98. The van der Waals surface area contributed by atoms with E-state index in [9.17, 15) is 0 Å². The summed E-state index contributed by atoms with van der Waals surface area (Å²) in [7, 11) is 1.69. The standard InChI is InChI=1S/C20H22N2O2/c1-13-3-5-16-19(11-13)22-18-6-4-15(23-2)12-17(18)20(16)24-14-7-9-21-10-8-14/h3-6,11-12,14,21H,7-10H2,1-2H3. The second-order valence-electron chi connectivity index (χ2n) is 6.41. The van der Waals surface area contributed by atoms with Crippen LogP contribution in [0.25, 0.3) is 21.8 Å². The van der Waals surface area contributed by atoms with E-state index in [0.29, 0.717) is 0 Å². The molecule has 0 radical (unpaired) electrons. The Morgan fingerprint density at radius 2 is 1.83 bits per heavy atom. The topological polar surface area (TPSA) is 43.4 Å².